The topological polar surface area (TPSA) is 32.5 Å². The third-order valence-corrected chi connectivity index (χ3v) is 6.26. The maximum atomic E-state index is 6.08. The van der Waals surface area contributed by atoms with Crippen molar-refractivity contribution in [2.24, 2.45) is 28.4 Å². The van der Waals surface area contributed by atoms with Crippen molar-refractivity contribution in [3.8, 4) is 0 Å². The largest absolute Gasteiger partial charge is 0.369 e. The minimum atomic E-state index is 0.0866. The predicted molar refractivity (Wildman–Crippen MR) is 132 cm³/mol. The molecule has 0 fully saturated rings. The number of rotatable bonds is 13. The monoisotopic (exact) mass is 407 g/mol. The van der Waals surface area contributed by atoms with Gasteiger partial charge in [0.15, 0.2) is 0 Å². The zero-order valence-electron chi connectivity index (χ0n) is 21.9. The van der Waals surface area contributed by atoms with E-state index in [1.54, 1.807) is 0 Å². The van der Waals surface area contributed by atoms with Crippen molar-refractivity contribution in [2.75, 3.05) is 26.7 Å². The van der Waals surface area contributed by atoms with Crippen LogP contribution in [-0.4, -0.2) is 48.6 Å². The van der Waals surface area contributed by atoms with Crippen LogP contribution in [0.15, 0.2) is 23.9 Å². The van der Waals surface area contributed by atoms with Gasteiger partial charge in [-0.15, -0.1) is 0 Å². The van der Waals surface area contributed by atoms with Crippen LogP contribution in [-0.2, 0) is 0 Å². The average Bonchev–Trinajstić information content (AvgIpc) is 2.49. The Morgan fingerprint density at radius 3 is 1.86 bits per heavy atom. The summed E-state index contributed by atoms with van der Waals surface area (Å²) in [6.07, 6.45) is 3.52. The van der Waals surface area contributed by atoms with Gasteiger partial charge in [-0.3, -0.25) is 0 Å². The molecule has 0 saturated carbocycles. The van der Waals surface area contributed by atoms with Gasteiger partial charge in [0, 0.05) is 37.4 Å². The Morgan fingerprint density at radius 2 is 1.48 bits per heavy atom. The van der Waals surface area contributed by atoms with E-state index in [0.29, 0.717) is 17.9 Å². The minimum Gasteiger partial charge on any atom is -0.369 e. The zero-order valence-corrected chi connectivity index (χ0v) is 21.9. The Morgan fingerprint density at radius 1 is 0.966 bits per heavy atom. The highest BCUT2D eigenvalue weighted by Gasteiger charge is 2.34. The summed E-state index contributed by atoms with van der Waals surface area (Å²) >= 11 is 0. The number of nitrogens with two attached hydrogens (primary N) is 1. The predicted octanol–water partition coefficient (Wildman–Crippen LogP) is 6.17. The van der Waals surface area contributed by atoms with E-state index in [-0.39, 0.29) is 16.9 Å². The minimum absolute atomic E-state index is 0.0866. The first-order valence-corrected chi connectivity index (χ1v) is 11.6. The van der Waals surface area contributed by atoms with E-state index in [9.17, 15) is 0 Å². The molecule has 3 heteroatoms. The number of allylic oxidation sites excluding steroid dienone is 1. The third-order valence-electron chi connectivity index (χ3n) is 6.26. The molecule has 1 atom stereocenters. The van der Waals surface area contributed by atoms with Gasteiger partial charge in [-0.1, -0.05) is 62.0 Å². The Bertz CT molecular complexity index is 524. The van der Waals surface area contributed by atoms with Gasteiger partial charge >= 0.3 is 0 Å². The molecule has 0 aromatic rings. The van der Waals surface area contributed by atoms with Crippen LogP contribution in [0, 0.1) is 22.7 Å². The van der Waals surface area contributed by atoms with Crippen molar-refractivity contribution in [2.45, 2.75) is 94.7 Å². The van der Waals surface area contributed by atoms with Crippen molar-refractivity contribution < 1.29 is 0 Å². The molecule has 0 aromatic carbocycles. The van der Waals surface area contributed by atoms with E-state index in [2.05, 4.69) is 106 Å². The normalized spacial score (nSPS) is 15.0. The van der Waals surface area contributed by atoms with Crippen molar-refractivity contribution in [3.63, 3.8) is 0 Å². The smallest absolute Gasteiger partial charge is 0.0295 e. The molecular formula is C26H53N3. The van der Waals surface area contributed by atoms with Gasteiger partial charge in [0.25, 0.3) is 0 Å². The van der Waals surface area contributed by atoms with Crippen molar-refractivity contribution >= 4 is 0 Å². The first-order chi connectivity index (χ1) is 13.0. The Hall–Kier alpha value is -0.800. The maximum Gasteiger partial charge on any atom is 0.0295 e. The molecule has 0 aliphatic rings. The van der Waals surface area contributed by atoms with Crippen LogP contribution in [0.5, 0.6) is 0 Å². The molecule has 0 aliphatic carbocycles. The number of hydrogen-bond acceptors (Lipinski definition) is 3. The van der Waals surface area contributed by atoms with Crippen LogP contribution >= 0.6 is 0 Å². The van der Waals surface area contributed by atoms with Crippen LogP contribution in [0.2, 0.25) is 0 Å². The highest BCUT2D eigenvalue weighted by Crippen LogP contribution is 2.43. The standard InChI is InChI=1S/C26H53N3/c1-19(2)15-29(21(5)6)23(8)14-24(17-28(13)16-22(7)27)26(11,12)18-25(9,10)20(3)4/h14,19-22H,8,15-18,27H2,1-7,9-13H3/b24-14+. The SMILES string of the molecule is C=C(/C=C(\CN(C)CC(C)N)C(C)(C)CC(C)(C)C(C)C)N(CC(C)C)C(C)C. The molecule has 1 unspecified atom stereocenters. The van der Waals surface area contributed by atoms with Gasteiger partial charge in [-0.2, -0.15) is 0 Å². The molecule has 0 heterocycles. The molecule has 0 aromatic heterocycles. The van der Waals surface area contributed by atoms with Gasteiger partial charge in [0.1, 0.15) is 0 Å². The molecule has 0 amide bonds. The molecule has 3 nitrogen and oxygen atoms in total. The fraction of sp³-hybridized carbons (Fsp3) is 0.846. The molecular weight excluding hydrogens is 354 g/mol. The van der Waals surface area contributed by atoms with Crippen molar-refractivity contribution in [1.82, 2.24) is 9.80 Å². The molecule has 0 spiro atoms. The summed E-state index contributed by atoms with van der Waals surface area (Å²) in [5, 5.41) is 0. The second kappa shape index (κ2) is 11.6. The Balaban J connectivity index is 5.95. The number of likely N-dealkylation sites (N-methyl/N-ethyl adjacent to an activating group) is 1. The summed E-state index contributed by atoms with van der Waals surface area (Å²) in [7, 11) is 2.18. The van der Waals surface area contributed by atoms with Gasteiger partial charge in [0.05, 0.1) is 0 Å². The van der Waals surface area contributed by atoms with Crippen LogP contribution in [0.25, 0.3) is 0 Å². The van der Waals surface area contributed by atoms with Gasteiger partial charge in [-0.05, 0) is 68.6 Å². The summed E-state index contributed by atoms with van der Waals surface area (Å²) in [5.74, 6) is 1.25. The van der Waals surface area contributed by atoms with E-state index in [1.807, 2.05) is 0 Å². The van der Waals surface area contributed by atoms with Crippen LogP contribution < -0.4 is 5.73 Å². The van der Waals surface area contributed by atoms with Gasteiger partial charge in [-0.25, -0.2) is 0 Å². The maximum absolute atomic E-state index is 6.08. The van der Waals surface area contributed by atoms with Crippen molar-refractivity contribution in [1.29, 1.82) is 0 Å². The summed E-state index contributed by atoms with van der Waals surface area (Å²) in [6.45, 7) is 32.8. The van der Waals surface area contributed by atoms with Gasteiger partial charge in [0.2, 0.25) is 0 Å². The van der Waals surface area contributed by atoms with Crippen LogP contribution in [0.1, 0.15) is 82.6 Å². The summed E-state index contributed by atoms with van der Waals surface area (Å²) < 4.78 is 0. The summed E-state index contributed by atoms with van der Waals surface area (Å²) in [5.41, 5.74) is 9.03. The van der Waals surface area contributed by atoms with Crippen LogP contribution in [0.3, 0.4) is 0 Å². The third kappa shape index (κ3) is 10.2. The lowest BCUT2D eigenvalue weighted by atomic mass is 9.66. The second-order valence-electron chi connectivity index (χ2n) is 11.7. The molecule has 0 bridgehead atoms. The second-order valence-corrected chi connectivity index (χ2v) is 11.7. The molecule has 29 heavy (non-hydrogen) atoms. The molecule has 2 N–H and O–H groups in total. The van der Waals surface area contributed by atoms with E-state index < -0.39 is 0 Å². The van der Waals surface area contributed by atoms with E-state index >= 15 is 0 Å². The highest BCUT2D eigenvalue weighted by molar-refractivity contribution is 5.26. The number of hydrogen-bond donors (Lipinski definition) is 1. The van der Waals surface area contributed by atoms with Crippen molar-refractivity contribution in [3.05, 3.63) is 23.9 Å². The fourth-order valence-corrected chi connectivity index (χ4v) is 4.10. The lowest BCUT2D eigenvalue weighted by Gasteiger charge is -2.41. The molecule has 0 saturated heterocycles. The first-order valence-electron chi connectivity index (χ1n) is 11.6. The Kier molecular flexibility index (Phi) is 11.2. The van der Waals surface area contributed by atoms with Gasteiger partial charge < -0.3 is 15.5 Å². The highest BCUT2D eigenvalue weighted by atomic mass is 15.2. The summed E-state index contributed by atoms with van der Waals surface area (Å²) in [4.78, 5) is 4.80. The molecule has 0 rings (SSSR count). The number of nitrogens with zero attached hydrogens (tertiary/aromatic N) is 2. The van der Waals surface area contributed by atoms with E-state index in [1.165, 1.54) is 5.57 Å². The fourth-order valence-electron chi connectivity index (χ4n) is 4.10. The zero-order chi connectivity index (χ0) is 23.2. The Labute approximate surface area is 183 Å². The first kappa shape index (κ1) is 28.2. The summed E-state index contributed by atoms with van der Waals surface area (Å²) in [6, 6.07) is 0.618. The van der Waals surface area contributed by atoms with Crippen LogP contribution in [0.4, 0.5) is 0 Å². The quantitative estimate of drug-likeness (QED) is 0.370. The lowest BCUT2D eigenvalue weighted by Crippen LogP contribution is -2.38. The average molecular weight is 408 g/mol. The van der Waals surface area contributed by atoms with E-state index in [4.69, 9.17) is 5.73 Å². The molecule has 0 aliphatic heterocycles. The molecule has 0 radical (unpaired) electrons. The van der Waals surface area contributed by atoms with E-state index in [0.717, 1.165) is 31.8 Å². The lowest BCUT2D eigenvalue weighted by molar-refractivity contribution is 0.154. The molecule has 172 valence electrons.